The van der Waals surface area contributed by atoms with Crippen molar-refractivity contribution in [2.24, 2.45) is 5.92 Å². The minimum atomic E-state index is 0.230. The molecule has 1 aliphatic carbocycles. The number of thiazole rings is 1. The zero-order chi connectivity index (χ0) is 23.3. The van der Waals surface area contributed by atoms with Crippen molar-refractivity contribution in [1.29, 1.82) is 0 Å². The average Bonchev–Trinajstić information content (AvgIpc) is 3.30. The first-order valence-corrected chi connectivity index (χ1v) is 13.4. The average molecular weight is 479 g/mol. The molecule has 3 aromatic rings. The normalized spacial score (nSPS) is 18.2. The van der Waals surface area contributed by atoms with Crippen LogP contribution in [0.1, 0.15) is 63.1 Å². The molecule has 0 spiro atoms. The van der Waals surface area contributed by atoms with Crippen LogP contribution in [0.5, 0.6) is 6.01 Å². The van der Waals surface area contributed by atoms with Crippen LogP contribution < -0.4 is 10.1 Å². The predicted octanol–water partition coefficient (Wildman–Crippen LogP) is 5.99. The molecule has 8 heteroatoms. The Balaban J connectivity index is 1.24. The smallest absolute Gasteiger partial charge is 0.317 e. The summed E-state index contributed by atoms with van der Waals surface area (Å²) in [6.07, 6.45) is 12.5. The van der Waals surface area contributed by atoms with Crippen LogP contribution in [0, 0.1) is 12.8 Å². The van der Waals surface area contributed by atoms with E-state index in [1.54, 1.807) is 11.3 Å². The number of nitrogens with one attached hydrogen (secondary N) is 1. The molecular formula is C26H34N6OS. The van der Waals surface area contributed by atoms with E-state index < -0.39 is 0 Å². The SMILES string of the molecule is Cc1cc(-c2cnc(Nc3cc(CN4CCC(C)CC4)ccn3)s2)nc(OC2CCCCC2)n1. The molecule has 0 bridgehead atoms. The Labute approximate surface area is 206 Å². The monoisotopic (exact) mass is 478 g/mol. The number of anilines is 2. The molecule has 1 saturated carbocycles. The number of rotatable bonds is 7. The molecular weight excluding hydrogens is 444 g/mol. The Bertz CT molecular complexity index is 1090. The van der Waals surface area contributed by atoms with Gasteiger partial charge in [0, 0.05) is 24.6 Å². The highest BCUT2D eigenvalue weighted by Gasteiger charge is 2.18. The molecule has 2 fully saturated rings. The minimum absolute atomic E-state index is 0.230. The molecule has 1 aliphatic heterocycles. The first-order chi connectivity index (χ1) is 16.6. The van der Waals surface area contributed by atoms with E-state index in [1.807, 2.05) is 25.4 Å². The number of piperidine rings is 1. The Kier molecular flexibility index (Phi) is 7.35. The molecule has 4 heterocycles. The van der Waals surface area contributed by atoms with E-state index in [9.17, 15) is 0 Å². The third kappa shape index (κ3) is 6.10. The van der Waals surface area contributed by atoms with Gasteiger partial charge in [0.15, 0.2) is 5.13 Å². The van der Waals surface area contributed by atoms with Gasteiger partial charge in [-0.25, -0.2) is 15.0 Å². The molecule has 0 aromatic carbocycles. The van der Waals surface area contributed by atoms with Gasteiger partial charge in [0.1, 0.15) is 11.9 Å². The lowest BCUT2D eigenvalue weighted by atomic mass is 9.98. The summed E-state index contributed by atoms with van der Waals surface area (Å²) < 4.78 is 6.11. The molecule has 1 N–H and O–H groups in total. The zero-order valence-corrected chi connectivity index (χ0v) is 21.0. The fourth-order valence-electron chi connectivity index (χ4n) is 4.73. The number of aromatic nitrogens is 4. The van der Waals surface area contributed by atoms with Gasteiger partial charge in [-0.2, -0.15) is 4.98 Å². The second-order valence-corrected chi connectivity index (χ2v) is 10.7. The summed E-state index contributed by atoms with van der Waals surface area (Å²) in [5, 5.41) is 4.18. The van der Waals surface area contributed by atoms with E-state index in [2.05, 4.69) is 44.2 Å². The summed E-state index contributed by atoms with van der Waals surface area (Å²) in [6, 6.07) is 6.70. The van der Waals surface area contributed by atoms with Gasteiger partial charge < -0.3 is 10.1 Å². The van der Waals surface area contributed by atoms with Crippen LogP contribution in [-0.4, -0.2) is 44.0 Å². The third-order valence-corrected chi connectivity index (χ3v) is 7.69. The molecule has 3 aromatic heterocycles. The molecule has 1 saturated heterocycles. The van der Waals surface area contributed by atoms with E-state index in [0.717, 1.165) is 52.5 Å². The summed E-state index contributed by atoms with van der Waals surface area (Å²) in [6.45, 7) is 7.65. The van der Waals surface area contributed by atoms with Crippen molar-refractivity contribution in [3.05, 3.63) is 41.9 Å². The summed E-state index contributed by atoms with van der Waals surface area (Å²) >= 11 is 1.57. The van der Waals surface area contributed by atoms with Crippen molar-refractivity contribution in [2.45, 2.75) is 71.4 Å². The zero-order valence-electron chi connectivity index (χ0n) is 20.2. The van der Waals surface area contributed by atoms with Crippen molar-refractivity contribution in [3.8, 4) is 16.6 Å². The van der Waals surface area contributed by atoms with Crippen LogP contribution in [0.2, 0.25) is 0 Å². The van der Waals surface area contributed by atoms with Crippen molar-refractivity contribution in [1.82, 2.24) is 24.8 Å². The molecule has 34 heavy (non-hydrogen) atoms. The highest BCUT2D eigenvalue weighted by atomic mass is 32.1. The number of hydrogen-bond acceptors (Lipinski definition) is 8. The summed E-state index contributed by atoms with van der Waals surface area (Å²) in [5.74, 6) is 1.67. The van der Waals surface area contributed by atoms with E-state index in [4.69, 9.17) is 9.72 Å². The number of ether oxygens (including phenoxy) is 1. The van der Waals surface area contributed by atoms with Crippen LogP contribution in [0.3, 0.4) is 0 Å². The second-order valence-electron chi connectivity index (χ2n) is 9.72. The van der Waals surface area contributed by atoms with E-state index in [-0.39, 0.29) is 6.10 Å². The first kappa shape index (κ1) is 23.2. The standard InChI is InChI=1S/C26H34N6OS/c1-18-9-12-32(13-10-18)17-20-8-11-27-24(15-20)31-26-28-16-23(34-26)22-14-19(2)29-25(30-22)33-21-6-4-3-5-7-21/h8,11,14-16,18,21H,3-7,9-10,12-13,17H2,1-2H3,(H,27,28,31). The van der Waals surface area contributed by atoms with Crippen LogP contribution in [0.15, 0.2) is 30.6 Å². The number of likely N-dealkylation sites (tertiary alicyclic amines) is 1. The minimum Gasteiger partial charge on any atom is -0.460 e. The molecule has 0 radical (unpaired) electrons. The fourth-order valence-corrected chi connectivity index (χ4v) is 5.52. The molecule has 0 amide bonds. The Morgan fingerprint density at radius 1 is 1.06 bits per heavy atom. The Morgan fingerprint density at radius 3 is 2.71 bits per heavy atom. The highest BCUT2D eigenvalue weighted by molar-refractivity contribution is 7.18. The van der Waals surface area contributed by atoms with Crippen LogP contribution >= 0.6 is 11.3 Å². The summed E-state index contributed by atoms with van der Waals surface area (Å²) in [5.41, 5.74) is 3.03. The number of pyridine rings is 1. The van der Waals surface area contributed by atoms with Crippen LogP contribution in [0.4, 0.5) is 10.9 Å². The Morgan fingerprint density at radius 2 is 1.88 bits per heavy atom. The number of hydrogen-bond donors (Lipinski definition) is 1. The molecule has 0 atom stereocenters. The van der Waals surface area contributed by atoms with Gasteiger partial charge in [-0.1, -0.05) is 24.7 Å². The number of aryl methyl sites for hydroxylation is 1. The fraction of sp³-hybridized carbons (Fsp3) is 0.538. The lowest BCUT2D eigenvalue weighted by molar-refractivity contribution is 0.142. The Hall–Kier alpha value is -2.58. The van der Waals surface area contributed by atoms with E-state index in [1.165, 1.54) is 50.8 Å². The lowest BCUT2D eigenvalue weighted by Crippen LogP contribution is -2.32. The maximum atomic E-state index is 6.11. The number of nitrogens with zero attached hydrogens (tertiary/aromatic N) is 5. The van der Waals surface area contributed by atoms with Gasteiger partial charge in [0.25, 0.3) is 0 Å². The van der Waals surface area contributed by atoms with Crippen LogP contribution in [-0.2, 0) is 6.54 Å². The van der Waals surface area contributed by atoms with E-state index in [0.29, 0.717) is 6.01 Å². The van der Waals surface area contributed by atoms with Crippen LogP contribution in [0.25, 0.3) is 10.6 Å². The second kappa shape index (κ2) is 10.8. The maximum Gasteiger partial charge on any atom is 0.317 e. The van der Waals surface area contributed by atoms with Crippen molar-refractivity contribution < 1.29 is 4.74 Å². The molecule has 5 rings (SSSR count). The predicted molar refractivity (Wildman–Crippen MR) is 137 cm³/mol. The van der Waals surface area contributed by atoms with Crippen molar-refractivity contribution >= 4 is 22.3 Å². The molecule has 7 nitrogen and oxygen atoms in total. The van der Waals surface area contributed by atoms with Crippen molar-refractivity contribution in [3.63, 3.8) is 0 Å². The van der Waals surface area contributed by atoms with E-state index >= 15 is 0 Å². The lowest BCUT2D eigenvalue weighted by Gasteiger charge is -2.30. The largest absolute Gasteiger partial charge is 0.460 e. The topological polar surface area (TPSA) is 76.1 Å². The maximum absolute atomic E-state index is 6.11. The summed E-state index contributed by atoms with van der Waals surface area (Å²) in [4.78, 5) is 21.8. The van der Waals surface area contributed by atoms with Gasteiger partial charge in [-0.3, -0.25) is 4.90 Å². The first-order valence-electron chi connectivity index (χ1n) is 12.5. The highest BCUT2D eigenvalue weighted by Crippen LogP contribution is 2.31. The quantitative estimate of drug-likeness (QED) is 0.447. The van der Waals surface area contributed by atoms with Crippen molar-refractivity contribution in [2.75, 3.05) is 18.4 Å². The molecule has 180 valence electrons. The molecule has 2 aliphatic rings. The van der Waals surface area contributed by atoms with Gasteiger partial charge >= 0.3 is 6.01 Å². The molecule has 0 unspecified atom stereocenters. The van der Waals surface area contributed by atoms with Gasteiger partial charge in [-0.15, -0.1) is 0 Å². The van der Waals surface area contributed by atoms with Gasteiger partial charge in [-0.05, 0) is 88.2 Å². The summed E-state index contributed by atoms with van der Waals surface area (Å²) in [7, 11) is 0. The van der Waals surface area contributed by atoms with Gasteiger partial charge in [0.2, 0.25) is 0 Å². The van der Waals surface area contributed by atoms with Gasteiger partial charge in [0.05, 0.1) is 10.6 Å². The third-order valence-electron chi connectivity index (χ3n) is 6.76.